The molecule has 0 atom stereocenters. The molecule has 5 heteroatoms. The van der Waals surface area contributed by atoms with Crippen molar-refractivity contribution in [2.45, 2.75) is 59.7 Å². The van der Waals surface area contributed by atoms with Crippen molar-refractivity contribution >= 4 is 16.5 Å². The number of methoxy groups -OCH3 is 1. The quantitative estimate of drug-likeness (QED) is 0.718. The van der Waals surface area contributed by atoms with Crippen molar-refractivity contribution in [1.82, 2.24) is 10.3 Å². The number of ether oxygens (including phenoxy) is 1. The lowest BCUT2D eigenvalue weighted by atomic mass is 10.3. The predicted octanol–water partition coefficient (Wildman–Crippen LogP) is 3.41. The normalized spacial score (nSPS) is 11.3. The maximum atomic E-state index is 5.29. The Morgan fingerprint density at radius 3 is 2.40 bits per heavy atom. The first-order chi connectivity index (χ1) is 9.62. The van der Waals surface area contributed by atoms with Crippen LogP contribution in [-0.2, 0) is 17.9 Å². The van der Waals surface area contributed by atoms with Crippen LogP contribution in [0.25, 0.3) is 0 Å². The lowest BCUT2D eigenvalue weighted by molar-refractivity contribution is 0.181. The fourth-order valence-electron chi connectivity index (χ4n) is 2.03. The molecule has 0 fully saturated rings. The second-order valence-electron chi connectivity index (χ2n) is 5.32. The number of nitrogens with one attached hydrogen (secondary N) is 1. The van der Waals surface area contributed by atoms with Gasteiger partial charge in [-0.3, -0.25) is 0 Å². The molecule has 4 nitrogen and oxygen atoms in total. The molecule has 20 heavy (non-hydrogen) atoms. The summed E-state index contributed by atoms with van der Waals surface area (Å²) in [5.74, 6) is 0. The van der Waals surface area contributed by atoms with E-state index in [1.807, 2.05) is 0 Å². The summed E-state index contributed by atoms with van der Waals surface area (Å²) in [7, 11) is 1.73. The van der Waals surface area contributed by atoms with Gasteiger partial charge in [-0.25, -0.2) is 4.98 Å². The van der Waals surface area contributed by atoms with Crippen LogP contribution in [-0.4, -0.2) is 31.2 Å². The smallest absolute Gasteiger partial charge is 0.185 e. The molecule has 0 radical (unpaired) electrons. The summed E-state index contributed by atoms with van der Waals surface area (Å²) in [6.07, 6.45) is 2.30. The van der Waals surface area contributed by atoms with E-state index in [9.17, 15) is 0 Å². The van der Waals surface area contributed by atoms with Gasteiger partial charge in [0.1, 0.15) is 0 Å². The monoisotopic (exact) mass is 299 g/mol. The summed E-state index contributed by atoms with van der Waals surface area (Å²) in [6.45, 7) is 12.4. The van der Waals surface area contributed by atoms with Crippen molar-refractivity contribution in [2.24, 2.45) is 0 Å². The average molecular weight is 299 g/mol. The molecule has 0 amide bonds. The van der Waals surface area contributed by atoms with Gasteiger partial charge in [0.15, 0.2) is 5.13 Å². The third-order valence-electron chi connectivity index (χ3n) is 2.98. The molecule has 0 saturated heterocycles. The molecule has 0 saturated carbocycles. The lowest BCUT2D eigenvalue weighted by Gasteiger charge is -2.20. The fraction of sp³-hybridized carbons (Fsp3) is 0.800. The van der Waals surface area contributed by atoms with Gasteiger partial charge in [0.2, 0.25) is 0 Å². The minimum atomic E-state index is 0.485. The van der Waals surface area contributed by atoms with Gasteiger partial charge in [0.05, 0.1) is 12.3 Å². The third-order valence-corrected chi connectivity index (χ3v) is 4.13. The molecule has 0 bridgehead atoms. The summed E-state index contributed by atoms with van der Waals surface area (Å²) < 4.78 is 5.29. The van der Waals surface area contributed by atoms with Gasteiger partial charge in [0.25, 0.3) is 0 Å². The van der Waals surface area contributed by atoms with Crippen molar-refractivity contribution in [3.8, 4) is 0 Å². The Hall–Kier alpha value is -0.650. The van der Waals surface area contributed by atoms with Crippen LogP contribution in [0.15, 0.2) is 0 Å². The van der Waals surface area contributed by atoms with Crippen LogP contribution in [0.5, 0.6) is 0 Å². The van der Waals surface area contributed by atoms with Gasteiger partial charge in [-0.2, -0.15) is 0 Å². The summed E-state index contributed by atoms with van der Waals surface area (Å²) in [5, 5.41) is 4.61. The number of aromatic nitrogens is 1. The Morgan fingerprint density at radius 2 is 1.90 bits per heavy atom. The number of hydrogen-bond donors (Lipinski definition) is 1. The maximum absolute atomic E-state index is 5.29. The summed E-state index contributed by atoms with van der Waals surface area (Å²) in [6, 6.07) is 0.485. The molecule has 1 heterocycles. The van der Waals surface area contributed by atoms with Crippen LogP contribution in [0.3, 0.4) is 0 Å². The predicted molar refractivity (Wildman–Crippen MR) is 87.6 cm³/mol. The molecule has 0 aliphatic heterocycles. The van der Waals surface area contributed by atoms with Crippen LogP contribution in [0, 0.1) is 0 Å². The SMILES string of the molecule is CCCN(CCC)c1nc(COC)c(CNC(C)C)s1. The molecule has 1 rings (SSSR count). The van der Waals surface area contributed by atoms with Crippen LogP contribution in [0.2, 0.25) is 0 Å². The van der Waals surface area contributed by atoms with E-state index >= 15 is 0 Å². The first kappa shape index (κ1) is 17.4. The second-order valence-corrected chi connectivity index (χ2v) is 6.38. The zero-order valence-corrected chi connectivity index (χ0v) is 14.3. The number of thiazole rings is 1. The Bertz CT molecular complexity index is 373. The van der Waals surface area contributed by atoms with Crippen LogP contribution in [0.1, 0.15) is 51.1 Å². The Morgan fingerprint density at radius 1 is 1.25 bits per heavy atom. The Balaban J connectivity index is 2.87. The highest BCUT2D eigenvalue weighted by Crippen LogP contribution is 2.27. The fourth-order valence-corrected chi connectivity index (χ4v) is 3.10. The Kier molecular flexibility index (Phi) is 8.11. The molecule has 1 N–H and O–H groups in total. The van der Waals surface area contributed by atoms with E-state index in [1.54, 1.807) is 18.4 Å². The number of nitrogens with zero attached hydrogens (tertiary/aromatic N) is 2. The van der Waals surface area contributed by atoms with Gasteiger partial charge in [-0.05, 0) is 12.8 Å². The molecular weight excluding hydrogens is 270 g/mol. The highest BCUT2D eigenvalue weighted by Gasteiger charge is 2.15. The van der Waals surface area contributed by atoms with Gasteiger partial charge in [-0.1, -0.05) is 27.7 Å². The average Bonchev–Trinajstić information content (AvgIpc) is 2.80. The number of hydrogen-bond acceptors (Lipinski definition) is 5. The number of rotatable bonds is 10. The molecule has 0 spiro atoms. The van der Waals surface area contributed by atoms with Crippen LogP contribution in [0.4, 0.5) is 5.13 Å². The standard InChI is InChI=1S/C15H29N3OS/c1-6-8-18(9-7-2)15-17-13(11-19-5)14(20-15)10-16-12(3)4/h12,16H,6-11H2,1-5H3. The van der Waals surface area contributed by atoms with Crippen LogP contribution < -0.4 is 10.2 Å². The molecule has 116 valence electrons. The Labute approximate surface area is 127 Å². The minimum Gasteiger partial charge on any atom is -0.378 e. The maximum Gasteiger partial charge on any atom is 0.185 e. The first-order valence-corrected chi connectivity index (χ1v) is 8.39. The molecule has 0 aliphatic carbocycles. The molecule has 1 aromatic heterocycles. The second kappa shape index (κ2) is 9.32. The van der Waals surface area contributed by atoms with Gasteiger partial charge in [0, 0.05) is 37.7 Å². The van der Waals surface area contributed by atoms with Gasteiger partial charge < -0.3 is 15.0 Å². The minimum absolute atomic E-state index is 0.485. The molecular formula is C15H29N3OS. The highest BCUT2D eigenvalue weighted by molar-refractivity contribution is 7.15. The van der Waals surface area contributed by atoms with E-state index in [2.05, 4.69) is 37.9 Å². The van der Waals surface area contributed by atoms with Crippen molar-refractivity contribution in [3.05, 3.63) is 10.6 Å². The summed E-state index contributed by atoms with van der Waals surface area (Å²) >= 11 is 1.80. The van der Waals surface area contributed by atoms with Crippen molar-refractivity contribution in [3.63, 3.8) is 0 Å². The van der Waals surface area contributed by atoms with Crippen molar-refractivity contribution in [1.29, 1.82) is 0 Å². The number of anilines is 1. The van der Waals surface area contributed by atoms with E-state index in [1.165, 1.54) is 4.88 Å². The van der Waals surface area contributed by atoms with Gasteiger partial charge >= 0.3 is 0 Å². The lowest BCUT2D eigenvalue weighted by Crippen LogP contribution is -2.24. The largest absolute Gasteiger partial charge is 0.378 e. The van der Waals surface area contributed by atoms with Gasteiger partial charge in [-0.15, -0.1) is 11.3 Å². The highest BCUT2D eigenvalue weighted by atomic mass is 32.1. The van der Waals surface area contributed by atoms with E-state index in [-0.39, 0.29) is 0 Å². The summed E-state index contributed by atoms with van der Waals surface area (Å²) in [5.41, 5.74) is 1.08. The van der Waals surface area contributed by atoms with Crippen molar-refractivity contribution in [2.75, 3.05) is 25.1 Å². The van der Waals surface area contributed by atoms with E-state index in [0.717, 1.165) is 43.3 Å². The molecule has 0 aliphatic rings. The topological polar surface area (TPSA) is 37.4 Å². The summed E-state index contributed by atoms with van der Waals surface area (Å²) in [4.78, 5) is 8.49. The molecule has 1 aromatic rings. The van der Waals surface area contributed by atoms with E-state index < -0.39 is 0 Å². The first-order valence-electron chi connectivity index (χ1n) is 7.58. The van der Waals surface area contributed by atoms with Crippen LogP contribution >= 0.6 is 11.3 Å². The zero-order chi connectivity index (χ0) is 15.0. The van der Waals surface area contributed by atoms with E-state index in [0.29, 0.717) is 12.6 Å². The van der Waals surface area contributed by atoms with Crippen molar-refractivity contribution < 1.29 is 4.74 Å². The molecule has 0 aromatic carbocycles. The third kappa shape index (κ3) is 5.38. The molecule has 0 unspecified atom stereocenters. The zero-order valence-electron chi connectivity index (χ0n) is 13.5. The van der Waals surface area contributed by atoms with E-state index in [4.69, 9.17) is 9.72 Å².